The van der Waals surface area contributed by atoms with Crippen molar-refractivity contribution in [2.24, 2.45) is 0 Å². The van der Waals surface area contributed by atoms with E-state index < -0.39 is 18.2 Å². The molecule has 0 bridgehead atoms. The van der Waals surface area contributed by atoms with Gasteiger partial charge in [-0.25, -0.2) is 0 Å². The Labute approximate surface area is 170 Å². The molecule has 0 saturated heterocycles. The minimum absolute atomic E-state index is 0.123. The summed E-state index contributed by atoms with van der Waals surface area (Å²) in [5, 5.41) is 27.8. The van der Waals surface area contributed by atoms with Crippen LogP contribution >= 0.6 is 0 Å². The molecule has 0 amide bonds. The molecule has 0 aliphatic heterocycles. The summed E-state index contributed by atoms with van der Waals surface area (Å²) in [4.78, 5) is 10.5. The summed E-state index contributed by atoms with van der Waals surface area (Å²) < 4.78 is 0. The third-order valence-electron chi connectivity index (χ3n) is 4.02. The third-order valence-corrected chi connectivity index (χ3v) is 4.02. The highest BCUT2D eigenvalue weighted by atomic mass is 16.4. The van der Waals surface area contributed by atoms with Gasteiger partial charge in [0.1, 0.15) is 0 Å². The molecule has 4 heteroatoms. The fraction of sp³-hybridized carbons (Fsp3) is 0.542. The van der Waals surface area contributed by atoms with Gasteiger partial charge in [0.05, 0.1) is 18.6 Å². The van der Waals surface area contributed by atoms with Gasteiger partial charge in [0.15, 0.2) is 0 Å². The number of carboxylic acid groups (broad SMARTS) is 1. The number of aliphatic carboxylic acids is 1. The van der Waals surface area contributed by atoms with E-state index in [1.165, 1.54) is 0 Å². The summed E-state index contributed by atoms with van der Waals surface area (Å²) in [6.45, 7) is 2.14. The van der Waals surface area contributed by atoms with E-state index in [4.69, 9.17) is 5.11 Å². The van der Waals surface area contributed by atoms with Gasteiger partial charge in [-0.15, -0.1) is 0 Å². The van der Waals surface area contributed by atoms with E-state index in [0.29, 0.717) is 6.42 Å². The second-order valence-electron chi connectivity index (χ2n) is 6.78. The van der Waals surface area contributed by atoms with Crippen molar-refractivity contribution in [1.82, 2.24) is 0 Å². The summed E-state index contributed by atoms with van der Waals surface area (Å²) in [6, 6.07) is 0. The van der Waals surface area contributed by atoms with Gasteiger partial charge in [0, 0.05) is 0 Å². The molecule has 28 heavy (non-hydrogen) atoms. The van der Waals surface area contributed by atoms with E-state index in [1.54, 1.807) is 0 Å². The van der Waals surface area contributed by atoms with Crippen molar-refractivity contribution in [3.63, 3.8) is 0 Å². The van der Waals surface area contributed by atoms with Gasteiger partial charge >= 0.3 is 5.97 Å². The first-order valence-electron chi connectivity index (χ1n) is 10.4. The highest BCUT2D eigenvalue weighted by Crippen LogP contribution is 2.10. The van der Waals surface area contributed by atoms with Gasteiger partial charge in [0.2, 0.25) is 0 Å². The fourth-order valence-corrected chi connectivity index (χ4v) is 2.56. The van der Waals surface area contributed by atoms with Crippen LogP contribution in [0.2, 0.25) is 0 Å². The van der Waals surface area contributed by atoms with E-state index >= 15 is 0 Å². The molecular formula is C24H38O4. The predicted octanol–water partition coefficient (Wildman–Crippen LogP) is 5.49. The number of carbonyl (C=O) groups is 1. The number of aliphatic hydroxyl groups is 2. The van der Waals surface area contributed by atoms with Crippen molar-refractivity contribution >= 4 is 5.97 Å². The minimum atomic E-state index is -1.04. The first kappa shape index (κ1) is 26.1. The Kier molecular flexibility index (Phi) is 18.5. The molecule has 0 radical (unpaired) electrons. The van der Waals surface area contributed by atoms with Crippen molar-refractivity contribution in [2.45, 2.75) is 83.3 Å². The van der Waals surface area contributed by atoms with Crippen LogP contribution in [-0.4, -0.2) is 33.5 Å². The molecule has 0 aromatic rings. The molecule has 0 fully saturated rings. The van der Waals surface area contributed by atoms with Crippen molar-refractivity contribution in [3.8, 4) is 0 Å². The average Bonchev–Trinajstić information content (AvgIpc) is 2.63. The Bertz CT molecular complexity index is 515. The first-order valence-corrected chi connectivity index (χ1v) is 10.4. The quantitative estimate of drug-likeness (QED) is 0.226. The van der Waals surface area contributed by atoms with E-state index in [9.17, 15) is 15.0 Å². The summed E-state index contributed by atoms with van der Waals surface area (Å²) in [5.41, 5.74) is 0. The van der Waals surface area contributed by atoms with Crippen molar-refractivity contribution in [3.05, 3.63) is 60.8 Å². The lowest BCUT2D eigenvalue weighted by atomic mass is 10.0. The average molecular weight is 391 g/mol. The number of rotatable bonds is 17. The van der Waals surface area contributed by atoms with E-state index in [-0.39, 0.29) is 12.8 Å². The van der Waals surface area contributed by atoms with Crippen LogP contribution in [0.5, 0.6) is 0 Å². The second-order valence-corrected chi connectivity index (χ2v) is 6.78. The SMILES string of the molecule is CCC=CCC=CCC=CCC=CCC=CCCC[C@@H](O)C[C@@H](O)CC(=O)O. The van der Waals surface area contributed by atoms with Crippen LogP contribution in [0.15, 0.2) is 60.8 Å². The molecule has 2 atom stereocenters. The second kappa shape index (κ2) is 19.8. The Balaban J connectivity index is 3.59. The van der Waals surface area contributed by atoms with Crippen molar-refractivity contribution in [1.29, 1.82) is 0 Å². The maximum absolute atomic E-state index is 10.5. The third kappa shape index (κ3) is 20.4. The number of allylic oxidation sites excluding steroid dienone is 10. The summed E-state index contributed by atoms with van der Waals surface area (Å²) in [7, 11) is 0. The zero-order chi connectivity index (χ0) is 20.9. The zero-order valence-electron chi connectivity index (χ0n) is 17.2. The Morgan fingerprint density at radius 3 is 1.68 bits per heavy atom. The van der Waals surface area contributed by atoms with Crippen LogP contribution in [0, 0.1) is 0 Å². The summed E-state index contributed by atoms with van der Waals surface area (Å²) in [6.07, 6.45) is 27.0. The molecular weight excluding hydrogens is 352 g/mol. The molecule has 158 valence electrons. The molecule has 0 aromatic heterocycles. The van der Waals surface area contributed by atoms with Gasteiger partial charge in [0.25, 0.3) is 0 Å². The number of unbranched alkanes of at least 4 members (excludes halogenated alkanes) is 1. The molecule has 4 nitrogen and oxygen atoms in total. The summed E-state index contributed by atoms with van der Waals surface area (Å²) >= 11 is 0. The van der Waals surface area contributed by atoms with Crippen LogP contribution in [-0.2, 0) is 4.79 Å². The molecule has 0 saturated carbocycles. The molecule has 0 aliphatic carbocycles. The van der Waals surface area contributed by atoms with E-state index in [1.807, 2.05) is 0 Å². The summed E-state index contributed by atoms with van der Waals surface area (Å²) in [5.74, 6) is -1.04. The van der Waals surface area contributed by atoms with Crippen molar-refractivity contribution < 1.29 is 20.1 Å². The smallest absolute Gasteiger partial charge is 0.305 e. The van der Waals surface area contributed by atoms with E-state index in [0.717, 1.165) is 44.9 Å². The molecule has 0 spiro atoms. The molecule has 3 N–H and O–H groups in total. The number of aliphatic hydroxyl groups excluding tert-OH is 2. The van der Waals surface area contributed by atoms with Crippen LogP contribution in [0.1, 0.15) is 71.1 Å². The van der Waals surface area contributed by atoms with Gasteiger partial charge in [-0.1, -0.05) is 67.7 Å². The Morgan fingerprint density at radius 2 is 1.21 bits per heavy atom. The molecule has 0 aliphatic rings. The molecule has 0 heterocycles. The van der Waals surface area contributed by atoms with Crippen molar-refractivity contribution in [2.75, 3.05) is 0 Å². The standard InChI is InChI=1S/C24H38O4/c1-2-3-4-5-6-7-8-9-10-11-12-13-14-15-16-17-18-19-22(25)20-23(26)21-24(27)28/h3-4,6-7,9-10,12-13,15-16,22-23,25-26H,2,5,8,11,14,17-21H2,1H3,(H,27,28)/t22-,23-/m1/s1. The van der Waals surface area contributed by atoms with Gasteiger partial charge in [-0.05, 0) is 57.8 Å². The number of hydrogen-bond acceptors (Lipinski definition) is 3. The molecule has 0 unspecified atom stereocenters. The lowest BCUT2D eigenvalue weighted by molar-refractivity contribution is -0.139. The first-order chi connectivity index (χ1) is 13.6. The molecule has 0 aromatic carbocycles. The largest absolute Gasteiger partial charge is 0.481 e. The van der Waals surface area contributed by atoms with Crippen LogP contribution in [0.3, 0.4) is 0 Å². The Hall–Kier alpha value is -1.91. The lowest BCUT2D eigenvalue weighted by Crippen LogP contribution is -2.20. The number of carboxylic acids is 1. The van der Waals surface area contributed by atoms with Gasteiger partial charge in [-0.2, -0.15) is 0 Å². The van der Waals surface area contributed by atoms with Crippen LogP contribution < -0.4 is 0 Å². The van der Waals surface area contributed by atoms with Gasteiger partial charge < -0.3 is 15.3 Å². The fourth-order valence-electron chi connectivity index (χ4n) is 2.56. The Morgan fingerprint density at radius 1 is 0.750 bits per heavy atom. The monoisotopic (exact) mass is 390 g/mol. The maximum atomic E-state index is 10.5. The normalized spacial score (nSPS) is 15.0. The van der Waals surface area contributed by atoms with Crippen LogP contribution in [0.4, 0.5) is 0 Å². The highest BCUT2D eigenvalue weighted by molar-refractivity contribution is 5.67. The van der Waals surface area contributed by atoms with E-state index in [2.05, 4.69) is 67.7 Å². The van der Waals surface area contributed by atoms with Crippen LogP contribution in [0.25, 0.3) is 0 Å². The minimum Gasteiger partial charge on any atom is -0.481 e. The predicted molar refractivity (Wildman–Crippen MR) is 117 cm³/mol. The lowest BCUT2D eigenvalue weighted by Gasteiger charge is -2.13. The maximum Gasteiger partial charge on any atom is 0.305 e. The zero-order valence-corrected chi connectivity index (χ0v) is 17.2. The molecule has 0 rings (SSSR count). The van der Waals surface area contributed by atoms with Gasteiger partial charge in [-0.3, -0.25) is 4.79 Å². The number of hydrogen-bond donors (Lipinski definition) is 3. The highest BCUT2D eigenvalue weighted by Gasteiger charge is 2.14. The topological polar surface area (TPSA) is 77.8 Å².